The van der Waals surface area contributed by atoms with Crippen LogP contribution < -0.4 is 4.74 Å². The van der Waals surface area contributed by atoms with Gasteiger partial charge in [-0.05, 0) is 42.5 Å². The van der Waals surface area contributed by atoms with E-state index in [9.17, 15) is 18.0 Å². The van der Waals surface area contributed by atoms with Gasteiger partial charge in [0, 0.05) is 12.0 Å². The number of fused-ring (bicyclic) bond motifs is 1. The van der Waals surface area contributed by atoms with E-state index in [4.69, 9.17) is 16.3 Å². The number of rotatable bonds is 3. The van der Waals surface area contributed by atoms with Crippen LogP contribution in [0, 0.1) is 0 Å². The molecule has 0 spiro atoms. The van der Waals surface area contributed by atoms with E-state index in [2.05, 4.69) is 0 Å². The summed E-state index contributed by atoms with van der Waals surface area (Å²) in [6.07, 6.45) is -4.01. The summed E-state index contributed by atoms with van der Waals surface area (Å²) in [5.41, 5.74) is 1.09. The number of ether oxygens (including phenoxy) is 1. The van der Waals surface area contributed by atoms with Crippen LogP contribution in [0.2, 0.25) is 0 Å². The highest BCUT2D eigenvalue weighted by Gasteiger charge is 2.40. The van der Waals surface area contributed by atoms with Crippen LogP contribution in [0.25, 0.3) is 0 Å². The fourth-order valence-corrected chi connectivity index (χ4v) is 2.70. The molecule has 0 aromatic heterocycles. The summed E-state index contributed by atoms with van der Waals surface area (Å²) in [5, 5.41) is -1.90. The Morgan fingerprint density at radius 2 is 2.15 bits per heavy atom. The lowest BCUT2D eigenvalue weighted by molar-refractivity contribution is -0.132. The van der Waals surface area contributed by atoms with E-state index in [1.54, 1.807) is 18.2 Å². The minimum absolute atomic E-state index is 0.0444. The predicted molar refractivity (Wildman–Crippen MR) is 69.6 cm³/mol. The summed E-state index contributed by atoms with van der Waals surface area (Å²) in [4.78, 5) is 11.8. The zero-order chi connectivity index (χ0) is 14.9. The molecule has 0 radical (unpaired) electrons. The Balaban J connectivity index is 2.30. The summed E-state index contributed by atoms with van der Waals surface area (Å²) in [6.45, 7) is 0. The molecular weight excluding hydrogens is 293 g/mol. The molecule has 0 bridgehead atoms. The predicted octanol–water partition coefficient (Wildman–Crippen LogP) is 4.32. The van der Waals surface area contributed by atoms with Crippen molar-refractivity contribution >= 4 is 17.4 Å². The Morgan fingerprint density at radius 3 is 2.75 bits per heavy atom. The van der Waals surface area contributed by atoms with Crippen molar-refractivity contribution in [1.29, 1.82) is 0 Å². The maximum Gasteiger partial charge on any atom is 0.404 e. The van der Waals surface area contributed by atoms with Crippen molar-refractivity contribution in [2.75, 3.05) is 7.11 Å². The Kier molecular flexibility index (Phi) is 4.28. The number of benzene rings is 1. The second-order valence-electron chi connectivity index (χ2n) is 4.86. The standard InChI is InChI=1S/C14H14ClF3O2/c1-20-9-3-4-10-11(7-9)8(2-5-12(10)19)6-13(15)14(16,17)18/h3-4,7-8,13H,2,5-6H2,1H3. The van der Waals surface area contributed by atoms with Gasteiger partial charge in [-0.3, -0.25) is 4.79 Å². The molecule has 1 aliphatic rings. The monoisotopic (exact) mass is 306 g/mol. The van der Waals surface area contributed by atoms with Gasteiger partial charge in [0.15, 0.2) is 5.78 Å². The van der Waals surface area contributed by atoms with Gasteiger partial charge in [0.05, 0.1) is 7.11 Å². The first-order chi connectivity index (χ1) is 9.32. The third-order valence-electron chi connectivity index (χ3n) is 3.57. The Bertz CT molecular complexity index is 514. The van der Waals surface area contributed by atoms with Crippen molar-refractivity contribution < 1.29 is 22.7 Å². The van der Waals surface area contributed by atoms with Crippen molar-refractivity contribution in [1.82, 2.24) is 0 Å². The van der Waals surface area contributed by atoms with Gasteiger partial charge in [0.25, 0.3) is 0 Å². The van der Waals surface area contributed by atoms with Crippen LogP contribution >= 0.6 is 11.6 Å². The average molecular weight is 307 g/mol. The van der Waals surface area contributed by atoms with Crippen LogP contribution in [0.3, 0.4) is 0 Å². The molecule has 2 atom stereocenters. The quantitative estimate of drug-likeness (QED) is 0.778. The first-order valence-corrected chi connectivity index (χ1v) is 6.68. The molecule has 1 aromatic rings. The van der Waals surface area contributed by atoms with Gasteiger partial charge in [-0.1, -0.05) is 0 Å². The Hall–Kier alpha value is -1.23. The topological polar surface area (TPSA) is 26.3 Å². The second-order valence-corrected chi connectivity index (χ2v) is 5.38. The summed E-state index contributed by atoms with van der Waals surface area (Å²) in [7, 11) is 1.47. The number of carbonyl (C=O) groups excluding carboxylic acids is 1. The first-order valence-electron chi connectivity index (χ1n) is 6.25. The van der Waals surface area contributed by atoms with Crippen molar-refractivity contribution in [3.05, 3.63) is 29.3 Å². The molecule has 0 N–H and O–H groups in total. The molecule has 2 rings (SSSR count). The number of ketones is 1. The third-order valence-corrected chi connectivity index (χ3v) is 3.99. The molecule has 0 fully saturated rings. The van der Waals surface area contributed by atoms with Crippen LogP contribution in [0.5, 0.6) is 5.75 Å². The molecule has 0 heterocycles. The molecule has 1 aromatic carbocycles. The van der Waals surface area contributed by atoms with E-state index in [1.807, 2.05) is 0 Å². The molecule has 20 heavy (non-hydrogen) atoms. The van der Waals surface area contributed by atoms with E-state index in [-0.39, 0.29) is 24.5 Å². The Labute approximate surface area is 119 Å². The third kappa shape index (κ3) is 3.08. The van der Waals surface area contributed by atoms with Crippen molar-refractivity contribution in [2.24, 2.45) is 0 Å². The van der Waals surface area contributed by atoms with Gasteiger partial charge in [-0.15, -0.1) is 11.6 Å². The maximum absolute atomic E-state index is 12.6. The van der Waals surface area contributed by atoms with E-state index < -0.39 is 11.6 Å². The lowest BCUT2D eigenvalue weighted by Gasteiger charge is -2.27. The molecule has 2 nitrogen and oxygen atoms in total. The highest BCUT2D eigenvalue weighted by molar-refractivity contribution is 6.21. The number of carbonyl (C=O) groups is 1. The maximum atomic E-state index is 12.6. The molecule has 0 saturated heterocycles. The minimum Gasteiger partial charge on any atom is -0.497 e. The molecule has 0 amide bonds. The lowest BCUT2D eigenvalue weighted by atomic mass is 9.79. The van der Waals surface area contributed by atoms with Crippen molar-refractivity contribution in [3.63, 3.8) is 0 Å². The lowest BCUT2D eigenvalue weighted by Crippen LogP contribution is -2.27. The van der Waals surface area contributed by atoms with Gasteiger partial charge < -0.3 is 4.74 Å². The molecule has 110 valence electrons. The summed E-state index contributed by atoms with van der Waals surface area (Å²) in [5.74, 6) is 0.112. The molecule has 6 heteroatoms. The van der Waals surface area contributed by atoms with E-state index in [1.165, 1.54) is 7.11 Å². The number of methoxy groups -OCH3 is 1. The largest absolute Gasteiger partial charge is 0.497 e. The number of Topliss-reactive ketones (excluding diaryl/α,β-unsaturated/α-hetero) is 1. The van der Waals surface area contributed by atoms with Gasteiger partial charge >= 0.3 is 6.18 Å². The molecule has 2 unspecified atom stereocenters. The molecule has 0 saturated carbocycles. The minimum atomic E-state index is -4.43. The highest BCUT2D eigenvalue weighted by atomic mass is 35.5. The van der Waals surface area contributed by atoms with Crippen LogP contribution in [0.4, 0.5) is 13.2 Å². The van der Waals surface area contributed by atoms with Gasteiger partial charge in [0.2, 0.25) is 0 Å². The van der Waals surface area contributed by atoms with E-state index >= 15 is 0 Å². The zero-order valence-corrected chi connectivity index (χ0v) is 11.6. The summed E-state index contributed by atoms with van der Waals surface area (Å²) < 4.78 is 42.8. The summed E-state index contributed by atoms with van der Waals surface area (Å²) in [6, 6.07) is 4.89. The number of alkyl halides is 4. The van der Waals surface area contributed by atoms with E-state index in [0.29, 0.717) is 23.3 Å². The number of halogens is 4. The van der Waals surface area contributed by atoms with E-state index in [0.717, 1.165) is 0 Å². The fourth-order valence-electron chi connectivity index (χ4n) is 2.48. The van der Waals surface area contributed by atoms with Crippen molar-refractivity contribution in [3.8, 4) is 5.75 Å². The van der Waals surface area contributed by atoms with Crippen LogP contribution in [-0.4, -0.2) is 24.4 Å². The average Bonchev–Trinajstić information content (AvgIpc) is 2.40. The highest BCUT2D eigenvalue weighted by Crippen LogP contribution is 2.40. The Morgan fingerprint density at radius 1 is 1.45 bits per heavy atom. The number of hydrogen-bond donors (Lipinski definition) is 0. The van der Waals surface area contributed by atoms with Crippen LogP contribution in [0.1, 0.15) is 41.1 Å². The van der Waals surface area contributed by atoms with Crippen molar-refractivity contribution in [2.45, 2.75) is 36.7 Å². The smallest absolute Gasteiger partial charge is 0.404 e. The summed E-state index contributed by atoms with van der Waals surface area (Å²) >= 11 is 5.43. The molecule has 1 aliphatic carbocycles. The first kappa shape index (κ1) is 15.2. The molecule has 0 aliphatic heterocycles. The fraction of sp³-hybridized carbons (Fsp3) is 0.500. The zero-order valence-electron chi connectivity index (χ0n) is 10.8. The van der Waals surface area contributed by atoms with Crippen LogP contribution in [-0.2, 0) is 0 Å². The van der Waals surface area contributed by atoms with Crippen LogP contribution in [0.15, 0.2) is 18.2 Å². The van der Waals surface area contributed by atoms with Gasteiger partial charge in [-0.25, -0.2) is 0 Å². The molecular formula is C14H14ClF3O2. The van der Waals surface area contributed by atoms with Gasteiger partial charge in [-0.2, -0.15) is 13.2 Å². The SMILES string of the molecule is COc1ccc2c(c1)C(CC(Cl)C(F)(F)F)CCC2=O. The van der Waals surface area contributed by atoms with Gasteiger partial charge in [0.1, 0.15) is 11.1 Å². The normalized spacial score (nSPS) is 20.4. The second kappa shape index (κ2) is 5.64. The number of hydrogen-bond acceptors (Lipinski definition) is 2.